The van der Waals surface area contributed by atoms with Crippen LogP contribution < -0.4 is 0 Å². The minimum absolute atomic E-state index is 0.0265. The molecule has 0 radical (unpaired) electrons. The van der Waals surface area contributed by atoms with Crippen LogP contribution in [0.3, 0.4) is 0 Å². The highest BCUT2D eigenvalue weighted by Gasteiger charge is 2.29. The molecule has 0 aliphatic carbocycles. The summed E-state index contributed by atoms with van der Waals surface area (Å²) >= 11 is 0. The number of hydrogen-bond donors (Lipinski definition) is 1. The zero-order chi connectivity index (χ0) is 16.1. The molecule has 0 unspecified atom stereocenters. The van der Waals surface area contributed by atoms with E-state index in [2.05, 4.69) is 6.07 Å². The van der Waals surface area contributed by atoms with Gasteiger partial charge < -0.3 is 19.6 Å². The number of morpholine rings is 1. The molecule has 0 bridgehead atoms. The quantitative estimate of drug-likeness (QED) is 0.884. The van der Waals surface area contributed by atoms with Crippen LogP contribution >= 0.6 is 0 Å². The Morgan fingerprint density at radius 2 is 2.05 bits per heavy atom. The monoisotopic (exact) mass is 306 g/mol. The van der Waals surface area contributed by atoms with Gasteiger partial charge in [0.05, 0.1) is 25.9 Å². The van der Waals surface area contributed by atoms with E-state index < -0.39 is 0 Å². The first-order valence-corrected chi connectivity index (χ1v) is 7.77. The lowest BCUT2D eigenvalue weighted by Gasteiger charge is -2.37. The lowest BCUT2D eigenvalue weighted by Crippen LogP contribution is -2.53. The second kappa shape index (κ2) is 7.72. The van der Waals surface area contributed by atoms with Crippen LogP contribution in [-0.4, -0.2) is 73.4 Å². The lowest BCUT2D eigenvalue weighted by molar-refractivity contribution is -0.0109. The van der Waals surface area contributed by atoms with Gasteiger partial charge in [-0.3, -0.25) is 4.79 Å². The van der Waals surface area contributed by atoms with Crippen molar-refractivity contribution < 1.29 is 14.6 Å². The Bertz CT molecular complexity index is 498. The van der Waals surface area contributed by atoms with Gasteiger partial charge in [0, 0.05) is 25.2 Å². The molecule has 1 saturated heterocycles. The SMILES string of the molecule is Cc1cc(C)cc(C(=O)N2CCOC[C@@H]2CN(C)CCO)c1. The van der Waals surface area contributed by atoms with Crippen molar-refractivity contribution in [3.8, 4) is 0 Å². The third-order valence-electron chi connectivity index (χ3n) is 3.96. The minimum Gasteiger partial charge on any atom is -0.395 e. The van der Waals surface area contributed by atoms with Gasteiger partial charge in [-0.05, 0) is 33.0 Å². The molecule has 1 aliphatic heterocycles. The van der Waals surface area contributed by atoms with Crippen LogP contribution in [0.15, 0.2) is 18.2 Å². The van der Waals surface area contributed by atoms with Crippen LogP contribution in [0.2, 0.25) is 0 Å². The van der Waals surface area contributed by atoms with Crippen LogP contribution in [0.5, 0.6) is 0 Å². The molecule has 0 spiro atoms. The smallest absolute Gasteiger partial charge is 0.254 e. The number of benzene rings is 1. The molecule has 2 rings (SSSR count). The second-order valence-electron chi connectivity index (χ2n) is 6.09. The summed E-state index contributed by atoms with van der Waals surface area (Å²) in [6, 6.07) is 5.99. The van der Waals surface area contributed by atoms with Gasteiger partial charge >= 0.3 is 0 Å². The minimum atomic E-state index is 0.0265. The van der Waals surface area contributed by atoms with Gasteiger partial charge in [-0.15, -0.1) is 0 Å². The molecule has 0 aromatic heterocycles. The van der Waals surface area contributed by atoms with Crippen LogP contribution in [0.4, 0.5) is 0 Å². The summed E-state index contributed by atoms with van der Waals surface area (Å²) in [4.78, 5) is 16.8. The first kappa shape index (κ1) is 16.9. The van der Waals surface area contributed by atoms with E-state index >= 15 is 0 Å². The van der Waals surface area contributed by atoms with Gasteiger partial charge in [0.25, 0.3) is 5.91 Å². The van der Waals surface area contributed by atoms with Crippen LogP contribution in [0.25, 0.3) is 0 Å². The Kier molecular flexibility index (Phi) is 5.94. The number of aliphatic hydroxyl groups is 1. The number of aryl methyl sites for hydroxylation is 2. The number of hydrogen-bond acceptors (Lipinski definition) is 4. The molecular formula is C17H26N2O3. The predicted molar refractivity (Wildman–Crippen MR) is 86.1 cm³/mol. The normalized spacial score (nSPS) is 18.8. The van der Waals surface area contributed by atoms with Gasteiger partial charge in [-0.2, -0.15) is 0 Å². The molecule has 1 atom stereocenters. The van der Waals surface area contributed by atoms with Crippen molar-refractivity contribution in [2.75, 3.05) is 46.5 Å². The van der Waals surface area contributed by atoms with Gasteiger partial charge in [0.2, 0.25) is 0 Å². The largest absolute Gasteiger partial charge is 0.395 e. The van der Waals surface area contributed by atoms with Crippen molar-refractivity contribution >= 4 is 5.91 Å². The average molecular weight is 306 g/mol. The lowest BCUT2D eigenvalue weighted by atomic mass is 10.1. The van der Waals surface area contributed by atoms with Gasteiger partial charge in [0.1, 0.15) is 0 Å². The van der Waals surface area contributed by atoms with E-state index in [9.17, 15) is 4.79 Å². The molecule has 0 saturated carbocycles. The molecule has 1 fully saturated rings. The van der Waals surface area contributed by atoms with E-state index in [4.69, 9.17) is 9.84 Å². The Morgan fingerprint density at radius 1 is 1.36 bits per heavy atom. The Morgan fingerprint density at radius 3 is 2.68 bits per heavy atom. The van der Waals surface area contributed by atoms with Gasteiger partial charge in [-0.1, -0.05) is 17.2 Å². The van der Waals surface area contributed by atoms with Gasteiger partial charge in [-0.25, -0.2) is 0 Å². The summed E-state index contributed by atoms with van der Waals surface area (Å²) < 4.78 is 5.54. The van der Waals surface area contributed by atoms with Crippen molar-refractivity contribution in [3.63, 3.8) is 0 Å². The molecule has 5 nitrogen and oxygen atoms in total. The first-order chi connectivity index (χ1) is 10.5. The van der Waals surface area contributed by atoms with Crippen LogP contribution in [0.1, 0.15) is 21.5 Å². The van der Waals surface area contributed by atoms with E-state index in [1.165, 1.54) is 0 Å². The Balaban J connectivity index is 2.13. The number of carbonyl (C=O) groups is 1. The maximum Gasteiger partial charge on any atom is 0.254 e. The Hall–Kier alpha value is -1.43. The number of likely N-dealkylation sites (N-methyl/N-ethyl adjacent to an activating group) is 1. The fourth-order valence-corrected chi connectivity index (χ4v) is 2.96. The fourth-order valence-electron chi connectivity index (χ4n) is 2.96. The summed E-state index contributed by atoms with van der Waals surface area (Å²) in [6.45, 7) is 7.19. The molecule has 1 heterocycles. The average Bonchev–Trinajstić information content (AvgIpc) is 2.46. The predicted octanol–water partition coefficient (Wildman–Crippen LogP) is 1.07. The zero-order valence-corrected chi connectivity index (χ0v) is 13.7. The summed E-state index contributed by atoms with van der Waals surface area (Å²) in [5.41, 5.74) is 2.95. The van der Waals surface area contributed by atoms with Crippen molar-refractivity contribution in [2.24, 2.45) is 0 Å². The van der Waals surface area contributed by atoms with Crippen molar-refractivity contribution in [1.29, 1.82) is 0 Å². The number of nitrogens with zero attached hydrogens (tertiary/aromatic N) is 2. The highest BCUT2D eigenvalue weighted by atomic mass is 16.5. The Labute approximate surface area is 132 Å². The van der Waals surface area contributed by atoms with Crippen LogP contribution in [0, 0.1) is 13.8 Å². The summed E-state index contributed by atoms with van der Waals surface area (Å²) in [5.74, 6) is 0.0671. The maximum absolute atomic E-state index is 12.9. The summed E-state index contributed by atoms with van der Waals surface area (Å²) in [7, 11) is 1.95. The number of amides is 1. The summed E-state index contributed by atoms with van der Waals surface area (Å²) in [5, 5.41) is 9.03. The van der Waals surface area contributed by atoms with Crippen LogP contribution in [-0.2, 0) is 4.74 Å². The fraction of sp³-hybridized carbons (Fsp3) is 0.588. The third-order valence-corrected chi connectivity index (χ3v) is 3.96. The van der Waals surface area contributed by atoms with Crippen molar-refractivity contribution in [3.05, 3.63) is 34.9 Å². The van der Waals surface area contributed by atoms with Gasteiger partial charge in [0.15, 0.2) is 0 Å². The number of ether oxygens (including phenoxy) is 1. The highest BCUT2D eigenvalue weighted by molar-refractivity contribution is 5.95. The molecule has 1 aromatic rings. The van der Waals surface area contributed by atoms with E-state index in [1.807, 2.05) is 42.8 Å². The standard InChI is InChI=1S/C17H26N2O3/c1-13-8-14(2)10-15(9-13)17(21)19-5-7-22-12-16(19)11-18(3)4-6-20/h8-10,16,20H,4-7,11-12H2,1-3H3/t16-/m0/s1. The molecule has 5 heteroatoms. The number of aliphatic hydroxyl groups excluding tert-OH is 1. The maximum atomic E-state index is 12.9. The molecule has 22 heavy (non-hydrogen) atoms. The molecule has 1 amide bonds. The molecule has 122 valence electrons. The summed E-state index contributed by atoms with van der Waals surface area (Å²) in [6.07, 6.45) is 0. The molecular weight excluding hydrogens is 280 g/mol. The van der Waals surface area contributed by atoms with E-state index in [0.29, 0.717) is 32.8 Å². The second-order valence-corrected chi connectivity index (χ2v) is 6.09. The topological polar surface area (TPSA) is 53.0 Å². The zero-order valence-electron chi connectivity index (χ0n) is 13.7. The first-order valence-electron chi connectivity index (χ1n) is 7.77. The van der Waals surface area contributed by atoms with E-state index in [-0.39, 0.29) is 18.6 Å². The van der Waals surface area contributed by atoms with Crippen molar-refractivity contribution in [2.45, 2.75) is 19.9 Å². The molecule has 1 aromatic carbocycles. The highest BCUT2D eigenvalue weighted by Crippen LogP contribution is 2.16. The number of carbonyl (C=O) groups excluding carboxylic acids is 1. The number of rotatable bonds is 5. The third kappa shape index (κ3) is 4.29. The molecule has 1 N–H and O–H groups in total. The molecule has 1 aliphatic rings. The van der Waals surface area contributed by atoms with E-state index in [0.717, 1.165) is 16.7 Å². The van der Waals surface area contributed by atoms with E-state index in [1.54, 1.807) is 0 Å². The van der Waals surface area contributed by atoms with Crippen molar-refractivity contribution in [1.82, 2.24) is 9.80 Å².